The Morgan fingerprint density at radius 1 is 1.12 bits per heavy atom. The van der Waals surface area contributed by atoms with Gasteiger partial charge in [0, 0.05) is 27.7 Å². The lowest BCUT2D eigenvalue weighted by atomic mass is 9.92. The average Bonchev–Trinajstić information content (AvgIpc) is 3.40. The number of anilines is 1. The number of carbonyl (C=O) groups is 2. The normalized spacial score (nSPS) is 23.2. The Kier molecular flexibility index (Phi) is 11.7. The summed E-state index contributed by atoms with van der Waals surface area (Å²) in [5, 5.41) is 23.8. The van der Waals surface area contributed by atoms with Crippen LogP contribution in [0.25, 0.3) is 10.9 Å². The fraction of sp³-hybridized carbons (Fsp3) is 0.692. The van der Waals surface area contributed by atoms with Crippen LogP contribution in [0.1, 0.15) is 59.4 Å². The Morgan fingerprint density at radius 3 is 2.16 bits per heavy atom. The Bertz CT molecular complexity index is 1380. The van der Waals surface area contributed by atoms with Crippen molar-refractivity contribution >= 4 is 69.8 Å². The fourth-order valence-electron chi connectivity index (χ4n) is 3.81. The molecule has 0 aliphatic carbocycles. The third kappa shape index (κ3) is 9.12. The van der Waals surface area contributed by atoms with Crippen molar-refractivity contribution in [1.29, 1.82) is 0 Å². The van der Waals surface area contributed by atoms with Crippen LogP contribution in [-0.4, -0.2) is 79.5 Å². The lowest BCUT2D eigenvalue weighted by molar-refractivity contribution is -0.118. The molecule has 242 valence electrons. The maximum atomic E-state index is 13.6. The van der Waals surface area contributed by atoms with E-state index in [0.29, 0.717) is 4.88 Å². The molecule has 3 rings (SSSR count). The Morgan fingerprint density at radius 2 is 1.65 bits per heavy atom. The summed E-state index contributed by atoms with van der Waals surface area (Å²) in [6.07, 6.45) is -3.79. The van der Waals surface area contributed by atoms with Crippen LogP contribution in [0.15, 0.2) is 10.2 Å². The number of aromatic nitrogens is 2. The fourth-order valence-corrected chi connectivity index (χ4v) is 7.96. The number of aliphatic hydroxyl groups is 2. The van der Waals surface area contributed by atoms with Gasteiger partial charge in [0.1, 0.15) is 23.9 Å². The van der Waals surface area contributed by atoms with Crippen LogP contribution in [0.3, 0.4) is 0 Å². The lowest BCUT2D eigenvalue weighted by Crippen LogP contribution is -2.43. The SMILES string of the molecule is CC(C)(C)C(=O)SCCOP(=O)(OCCSC(=O)C(C)(C)C)OCC1OC(c2scc3c(=O)[nH]c(N)nc23)C(C)(O)C1O. The van der Waals surface area contributed by atoms with E-state index in [1.165, 1.54) is 6.92 Å². The predicted octanol–water partition coefficient (Wildman–Crippen LogP) is 3.89. The molecule has 0 radical (unpaired) electrons. The molecule has 4 unspecified atom stereocenters. The molecule has 5 N–H and O–H groups in total. The molecule has 43 heavy (non-hydrogen) atoms. The van der Waals surface area contributed by atoms with Crippen molar-refractivity contribution in [3.8, 4) is 0 Å². The number of aliphatic hydroxyl groups excluding tert-OH is 1. The van der Waals surface area contributed by atoms with Crippen LogP contribution in [0.4, 0.5) is 5.95 Å². The van der Waals surface area contributed by atoms with Gasteiger partial charge in [0.05, 0.1) is 35.6 Å². The first-order valence-electron chi connectivity index (χ1n) is 13.5. The highest BCUT2D eigenvalue weighted by Crippen LogP contribution is 2.52. The van der Waals surface area contributed by atoms with Gasteiger partial charge in [-0.1, -0.05) is 65.1 Å². The molecule has 0 aromatic carbocycles. The van der Waals surface area contributed by atoms with Crippen LogP contribution >= 0.6 is 42.7 Å². The molecule has 1 saturated heterocycles. The molecule has 2 aromatic heterocycles. The number of thioether (sulfide) groups is 2. The second kappa shape index (κ2) is 14.0. The summed E-state index contributed by atoms with van der Waals surface area (Å²) in [5.41, 5.74) is 2.51. The standard InChI is InChI=1S/C26H40N3O10PS3/c1-24(2,3)21(32)41-10-8-36-40(35,37-9-11-42-22(33)25(4,5)6)38-12-15-18(30)26(7,34)19(39-15)17-16-14(13-43-17)20(31)29-23(27)28-16/h13,15,18-19,30,34H,8-12H2,1-7H3,(H3,27,28,29,31). The van der Waals surface area contributed by atoms with Gasteiger partial charge in [0.2, 0.25) is 5.95 Å². The number of H-pyrrole nitrogens is 1. The van der Waals surface area contributed by atoms with Crippen molar-refractivity contribution in [1.82, 2.24) is 9.97 Å². The first-order valence-corrected chi connectivity index (χ1v) is 17.8. The van der Waals surface area contributed by atoms with Crippen molar-refractivity contribution in [2.24, 2.45) is 10.8 Å². The van der Waals surface area contributed by atoms with Crippen LogP contribution in [-0.2, 0) is 32.5 Å². The van der Waals surface area contributed by atoms with E-state index in [-0.39, 0.29) is 51.8 Å². The molecule has 4 atom stereocenters. The van der Waals surface area contributed by atoms with E-state index in [4.69, 9.17) is 24.0 Å². The number of nitrogens with zero attached hydrogens (tertiary/aromatic N) is 1. The average molecular weight is 682 g/mol. The van der Waals surface area contributed by atoms with Crippen LogP contribution in [0.2, 0.25) is 0 Å². The first-order chi connectivity index (χ1) is 19.8. The van der Waals surface area contributed by atoms with Crippen molar-refractivity contribution in [3.63, 3.8) is 0 Å². The quantitative estimate of drug-likeness (QED) is 0.186. The van der Waals surface area contributed by atoms with Gasteiger partial charge in [-0.05, 0) is 6.92 Å². The monoisotopic (exact) mass is 681 g/mol. The van der Waals surface area contributed by atoms with Gasteiger partial charge in [-0.15, -0.1) is 11.3 Å². The number of fused-ring (bicyclic) bond motifs is 1. The maximum Gasteiger partial charge on any atom is 0.474 e. The highest BCUT2D eigenvalue weighted by molar-refractivity contribution is 8.14. The number of nitrogen functional groups attached to an aromatic ring is 1. The number of carbonyl (C=O) groups excluding carboxylic acids is 2. The summed E-state index contributed by atoms with van der Waals surface area (Å²) in [5.74, 6) is 0.254. The minimum Gasteiger partial charge on any atom is -0.387 e. The van der Waals surface area contributed by atoms with Gasteiger partial charge in [-0.2, -0.15) is 0 Å². The number of nitrogens with two attached hydrogens (primary N) is 1. The van der Waals surface area contributed by atoms with Crippen molar-refractivity contribution in [3.05, 3.63) is 20.6 Å². The van der Waals surface area contributed by atoms with Crippen LogP contribution in [0.5, 0.6) is 0 Å². The smallest absolute Gasteiger partial charge is 0.387 e. The molecule has 1 fully saturated rings. The van der Waals surface area contributed by atoms with Crippen molar-refractivity contribution in [2.45, 2.75) is 72.4 Å². The minimum atomic E-state index is -4.27. The maximum absolute atomic E-state index is 13.6. The van der Waals surface area contributed by atoms with Gasteiger partial charge < -0.3 is 20.7 Å². The summed E-state index contributed by atoms with van der Waals surface area (Å²) in [6.45, 7) is 11.3. The number of aromatic amines is 1. The summed E-state index contributed by atoms with van der Waals surface area (Å²) in [4.78, 5) is 43.7. The minimum absolute atomic E-state index is 0.0695. The second-order valence-electron chi connectivity index (χ2n) is 12.2. The highest BCUT2D eigenvalue weighted by atomic mass is 32.2. The van der Waals surface area contributed by atoms with E-state index < -0.39 is 54.7 Å². The third-order valence-electron chi connectivity index (χ3n) is 6.29. The van der Waals surface area contributed by atoms with Crippen molar-refractivity contribution < 1.29 is 42.7 Å². The third-order valence-corrected chi connectivity index (χ3v) is 11.3. The summed E-state index contributed by atoms with van der Waals surface area (Å²) in [6, 6.07) is 0. The molecule has 13 nitrogen and oxygen atoms in total. The number of ether oxygens (including phenoxy) is 1. The number of rotatable bonds is 12. The number of hydrogen-bond donors (Lipinski definition) is 4. The van der Waals surface area contributed by atoms with Gasteiger partial charge in [0.25, 0.3) is 5.56 Å². The number of hydrogen-bond acceptors (Lipinski definition) is 15. The zero-order chi connectivity index (χ0) is 32.4. The van der Waals surface area contributed by atoms with Gasteiger partial charge in [-0.3, -0.25) is 32.9 Å². The van der Waals surface area contributed by atoms with Crippen LogP contribution in [0, 0.1) is 10.8 Å². The molecule has 1 aliphatic rings. The molecule has 3 heterocycles. The Labute approximate surface area is 262 Å². The lowest BCUT2D eigenvalue weighted by Gasteiger charge is -2.26. The van der Waals surface area contributed by atoms with E-state index in [1.807, 2.05) is 0 Å². The molecular formula is C26H40N3O10PS3. The molecule has 0 saturated carbocycles. The van der Waals surface area contributed by atoms with Crippen molar-refractivity contribution in [2.75, 3.05) is 37.1 Å². The topological polar surface area (TPSA) is 200 Å². The molecule has 1 aliphatic heterocycles. The van der Waals surface area contributed by atoms with Crippen LogP contribution < -0.4 is 11.3 Å². The zero-order valence-electron chi connectivity index (χ0n) is 25.2. The van der Waals surface area contributed by atoms with E-state index in [0.717, 1.165) is 34.9 Å². The van der Waals surface area contributed by atoms with E-state index in [2.05, 4.69) is 9.97 Å². The van der Waals surface area contributed by atoms with Gasteiger partial charge >= 0.3 is 7.82 Å². The molecule has 17 heteroatoms. The van der Waals surface area contributed by atoms with E-state index >= 15 is 0 Å². The Hall–Kier alpha value is -1.33. The summed E-state index contributed by atoms with van der Waals surface area (Å²) < 4.78 is 36.1. The molecule has 0 spiro atoms. The second-order valence-corrected chi connectivity index (χ2v) is 16.9. The molecule has 2 aromatic rings. The molecule has 0 amide bonds. The molecular weight excluding hydrogens is 641 g/mol. The van der Waals surface area contributed by atoms with E-state index in [1.54, 1.807) is 46.9 Å². The summed E-state index contributed by atoms with van der Waals surface area (Å²) >= 11 is 3.16. The Balaban J connectivity index is 1.71. The predicted molar refractivity (Wildman–Crippen MR) is 168 cm³/mol. The largest absolute Gasteiger partial charge is 0.474 e. The van der Waals surface area contributed by atoms with E-state index in [9.17, 15) is 29.2 Å². The number of phosphoric ester groups is 1. The number of phosphoric acid groups is 1. The first kappa shape index (κ1) is 36.1. The zero-order valence-corrected chi connectivity index (χ0v) is 28.5. The van der Waals surface area contributed by atoms with Gasteiger partial charge in [0.15, 0.2) is 10.2 Å². The number of nitrogens with one attached hydrogen (secondary N) is 1. The van der Waals surface area contributed by atoms with Gasteiger partial charge in [-0.25, -0.2) is 9.55 Å². The molecule has 0 bridgehead atoms. The highest BCUT2D eigenvalue weighted by Gasteiger charge is 2.54. The number of thiophene rings is 1. The summed E-state index contributed by atoms with van der Waals surface area (Å²) in [7, 11) is -4.27.